The van der Waals surface area contributed by atoms with Crippen molar-refractivity contribution in [3.63, 3.8) is 0 Å². The van der Waals surface area contributed by atoms with Gasteiger partial charge in [0.05, 0.1) is 10.5 Å². The third kappa shape index (κ3) is 3.63. The minimum Gasteiger partial charge on any atom is -0.388 e. The van der Waals surface area contributed by atoms with Gasteiger partial charge in [0.2, 0.25) is 10.0 Å². The lowest BCUT2D eigenvalue weighted by Gasteiger charge is -2.35. The molecule has 1 aliphatic rings. The molecule has 0 aliphatic carbocycles. The maximum Gasteiger partial charge on any atom is 0.243 e. The molecule has 1 N–H and O–H groups in total. The van der Waals surface area contributed by atoms with Crippen molar-refractivity contribution >= 4 is 10.0 Å². The van der Waals surface area contributed by atoms with E-state index >= 15 is 0 Å². The Bertz CT molecular complexity index is 606. The van der Waals surface area contributed by atoms with Gasteiger partial charge < -0.3 is 9.84 Å². The van der Waals surface area contributed by atoms with Crippen LogP contribution in [0.25, 0.3) is 0 Å². The number of rotatable bonds is 4. The number of hydrogen-bond donors (Lipinski definition) is 1. The fourth-order valence-electron chi connectivity index (χ4n) is 2.67. The Hall–Kier alpha value is -0.950. The smallest absolute Gasteiger partial charge is 0.243 e. The van der Waals surface area contributed by atoms with Crippen LogP contribution in [0.2, 0.25) is 0 Å². The Morgan fingerprint density at radius 3 is 2.48 bits per heavy atom. The number of hydrogen-bond acceptors (Lipinski definition) is 4. The van der Waals surface area contributed by atoms with Crippen LogP contribution in [0.1, 0.15) is 24.0 Å². The average Bonchev–Trinajstić information content (AvgIpc) is 2.38. The van der Waals surface area contributed by atoms with Crippen LogP contribution in [0.3, 0.4) is 0 Å². The Labute approximate surface area is 126 Å². The zero-order valence-electron chi connectivity index (χ0n) is 12.8. The largest absolute Gasteiger partial charge is 0.388 e. The highest BCUT2D eigenvalue weighted by molar-refractivity contribution is 7.89. The van der Waals surface area contributed by atoms with Gasteiger partial charge in [-0.3, -0.25) is 0 Å². The second kappa shape index (κ2) is 6.04. The Morgan fingerprint density at radius 2 is 1.90 bits per heavy atom. The molecule has 21 heavy (non-hydrogen) atoms. The molecular formula is C15H23NO4S. The second-order valence-corrected chi connectivity index (χ2v) is 7.88. The van der Waals surface area contributed by atoms with Gasteiger partial charge in [-0.1, -0.05) is 17.7 Å². The van der Waals surface area contributed by atoms with Gasteiger partial charge in [-0.15, -0.1) is 0 Å². The second-order valence-electron chi connectivity index (χ2n) is 5.87. The van der Waals surface area contributed by atoms with Gasteiger partial charge >= 0.3 is 0 Å². The number of nitrogens with zero attached hydrogens (tertiary/aromatic N) is 1. The highest BCUT2D eigenvalue weighted by Gasteiger charge is 2.35. The van der Waals surface area contributed by atoms with Crippen LogP contribution in [-0.4, -0.2) is 50.2 Å². The fourth-order valence-corrected chi connectivity index (χ4v) is 4.12. The third-order valence-corrected chi connectivity index (χ3v) is 5.92. The van der Waals surface area contributed by atoms with E-state index in [1.54, 1.807) is 19.1 Å². The molecule has 0 aromatic heterocycles. The molecule has 2 rings (SSSR count). The standard InChI is InChI=1S/C15H23NO4S/c1-12-4-5-14(13(2)10-12)21(18,19)16(3)11-15(17)6-8-20-9-7-15/h4-5,10,17H,6-9,11H2,1-3H3. The van der Waals surface area contributed by atoms with E-state index in [-0.39, 0.29) is 6.54 Å². The van der Waals surface area contributed by atoms with Crippen molar-refractivity contribution in [3.05, 3.63) is 29.3 Å². The van der Waals surface area contributed by atoms with Gasteiger partial charge in [0.1, 0.15) is 0 Å². The van der Waals surface area contributed by atoms with Gasteiger partial charge in [-0.05, 0) is 25.5 Å². The number of sulfonamides is 1. The van der Waals surface area contributed by atoms with E-state index in [2.05, 4.69) is 0 Å². The van der Waals surface area contributed by atoms with Gasteiger partial charge in [-0.2, -0.15) is 4.31 Å². The minimum atomic E-state index is -3.59. The molecule has 1 aromatic carbocycles. The Balaban J connectivity index is 2.22. The van der Waals surface area contributed by atoms with Crippen molar-refractivity contribution in [2.24, 2.45) is 0 Å². The Morgan fingerprint density at radius 1 is 1.29 bits per heavy atom. The molecule has 118 valence electrons. The molecule has 0 radical (unpaired) electrons. The van der Waals surface area contributed by atoms with E-state index in [1.165, 1.54) is 11.4 Å². The van der Waals surface area contributed by atoms with Crippen LogP contribution < -0.4 is 0 Å². The van der Waals surface area contributed by atoms with Crippen molar-refractivity contribution < 1.29 is 18.3 Å². The lowest BCUT2D eigenvalue weighted by Crippen LogP contribution is -2.47. The number of benzene rings is 1. The van der Waals surface area contributed by atoms with Gasteiger partial charge in [0.15, 0.2) is 0 Å². The molecule has 1 aliphatic heterocycles. The summed E-state index contributed by atoms with van der Waals surface area (Å²) in [5.74, 6) is 0. The summed E-state index contributed by atoms with van der Waals surface area (Å²) in [6.45, 7) is 4.74. The summed E-state index contributed by atoms with van der Waals surface area (Å²) in [4.78, 5) is 0.297. The molecular weight excluding hydrogens is 290 g/mol. The number of likely N-dealkylation sites (N-methyl/N-ethyl adjacent to an activating group) is 1. The van der Waals surface area contributed by atoms with Gasteiger partial charge in [0, 0.05) is 39.6 Å². The van der Waals surface area contributed by atoms with Crippen molar-refractivity contribution in [1.82, 2.24) is 4.31 Å². The summed E-state index contributed by atoms with van der Waals surface area (Å²) in [5.41, 5.74) is 0.747. The van der Waals surface area contributed by atoms with E-state index in [1.807, 2.05) is 13.0 Å². The van der Waals surface area contributed by atoms with Gasteiger partial charge in [0.25, 0.3) is 0 Å². The van der Waals surface area contributed by atoms with Crippen LogP contribution in [0.4, 0.5) is 0 Å². The Kier molecular flexibility index (Phi) is 4.72. The number of ether oxygens (including phenoxy) is 1. The summed E-state index contributed by atoms with van der Waals surface area (Å²) in [7, 11) is -2.08. The molecule has 0 bridgehead atoms. The van der Waals surface area contributed by atoms with Crippen molar-refractivity contribution in [1.29, 1.82) is 0 Å². The normalized spacial score (nSPS) is 18.9. The molecule has 0 spiro atoms. The number of aryl methyl sites for hydroxylation is 2. The molecule has 0 saturated carbocycles. The molecule has 0 unspecified atom stereocenters. The molecule has 5 nitrogen and oxygen atoms in total. The zero-order valence-corrected chi connectivity index (χ0v) is 13.6. The zero-order chi connectivity index (χ0) is 15.7. The summed E-state index contributed by atoms with van der Waals surface area (Å²) in [6, 6.07) is 5.27. The first kappa shape index (κ1) is 16.4. The highest BCUT2D eigenvalue weighted by Crippen LogP contribution is 2.25. The maximum absolute atomic E-state index is 12.7. The molecule has 1 heterocycles. The first-order chi connectivity index (χ1) is 9.74. The average molecular weight is 313 g/mol. The van der Waals surface area contributed by atoms with E-state index in [4.69, 9.17) is 4.74 Å². The van der Waals surface area contributed by atoms with E-state index < -0.39 is 15.6 Å². The summed E-state index contributed by atoms with van der Waals surface area (Å²) >= 11 is 0. The molecule has 0 amide bonds. The maximum atomic E-state index is 12.7. The molecule has 1 aromatic rings. The number of aliphatic hydroxyl groups is 1. The fraction of sp³-hybridized carbons (Fsp3) is 0.600. The topological polar surface area (TPSA) is 66.8 Å². The lowest BCUT2D eigenvalue weighted by atomic mass is 9.95. The lowest BCUT2D eigenvalue weighted by molar-refractivity contribution is -0.0689. The third-order valence-electron chi connectivity index (χ3n) is 3.96. The SMILES string of the molecule is Cc1ccc(S(=O)(=O)N(C)CC2(O)CCOCC2)c(C)c1. The van der Waals surface area contributed by atoms with E-state index in [0.29, 0.717) is 31.0 Å². The monoisotopic (exact) mass is 313 g/mol. The van der Waals surface area contributed by atoms with Crippen LogP contribution in [0, 0.1) is 13.8 Å². The van der Waals surface area contributed by atoms with Crippen molar-refractivity contribution in [3.8, 4) is 0 Å². The molecule has 1 fully saturated rings. The predicted octanol–water partition coefficient (Wildman–Crippen LogP) is 1.47. The molecule has 0 atom stereocenters. The summed E-state index contributed by atoms with van der Waals surface area (Å²) in [6.07, 6.45) is 0.916. The minimum absolute atomic E-state index is 0.0893. The van der Waals surface area contributed by atoms with E-state index in [9.17, 15) is 13.5 Å². The van der Waals surface area contributed by atoms with Crippen LogP contribution in [-0.2, 0) is 14.8 Å². The molecule has 6 heteroatoms. The van der Waals surface area contributed by atoms with Crippen molar-refractivity contribution in [2.45, 2.75) is 37.2 Å². The van der Waals surface area contributed by atoms with Crippen molar-refractivity contribution in [2.75, 3.05) is 26.8 Å². The van der Waals surface area contributed by atoms with E-state index in [0.717, 1.165) is 11.1 Å². The molecule has 1 saturated heterocycles. The first-order valence-corrected chi connectivity index (χ1v) is 8.52. The summed E-state index contributed by atoms with van der Waals surface area (Å²) < 4.78 is 31.8. The van der Waals surface area contributed by atoms with Crippen LogP contribution in [0.5, 0.6) is 0 Å². The van der Waals surface area contributed by atoms with Gasteiger partial charge in [-0.25, -0.2) is 8.42 Å². The quantitative estimate of drug-likeness (QED) is 0.914. The predicted molar refractivity (Wildman–Crippen MR) is 80.7 cm³/mol. The summed E-state index contributed by atoms with van der Waals surface area (Å²) in [5, 5.41) is 10.5. The van der Waals surface area contributed by atoms with Crippen LogP contribution >= 0.6 is 0 Å². The first-order valence-electron chi connectivity index (χ1n) is 7.08. The van der Waals surface area contributed by atoms with Crippen LogP contribution in [0.15, 0.2) is 23.1 Å². The highest BCUT2D eigenvalue weighted by atomic mass is 32.2.